The van der Waals surface area contributed by atoms with Crippen LogP contribution in [-0.4, -0.2) is 28.6 Å². The van der Waals surface area contributed by atoms with Crippen molar-refractivity contribution in [3.05, 3.63) is 12.0 Å². The van der Waals surface area contributed by atoms with E-state index < -0.39 is 5.97 Å². The third-order valence-electron chi connectivity index (χ3n) is 2.90. The Morgan fingerprint density at radius 1 is 1.44 bits per heavy atom. The van der Waals surface area contributed by atoms with Gasteiger partial charge < -0.3 is 14.4 Å². The van der Waals surface area contributed by atoms with Gasteiger partial charge in [-0.25, -0.2) is 4.79 Å². The molecule has 0 amide bonds. The van der Waals surface area contributed by atoms with Gasteiger partial charge >= 0.3 is 5.97 Å². The summed E-state index contributed by atoms with van der Waals surface area (Å²) in [6, 6.07) is 0.738. The molecule has 0 spiro atoms. The largest absolute Gasteiger partial charge is 0.476 e. The number of aromatic carboxylic acids is 1. The number of hydrogen-bond donors (Lipinski definition) is 1. The number of nitrogens with zero attached hydrogens (tertiary/aromatic N) is 2. The molecule has 1 aromatic heterocycles. The number of carboxylic acid groups (broad SMARTS) is 1. The average Bonchev–Trinajstić information content (AvgIpc) is 2.78. The molecular formula is C13H22N2O3. The van der Waals surface area contributed by atoms with Crippen LogP contribution < -0.4 is 4.90 Å². The lowest BCUT2D eigenvalue weighted by Crippen LogP contribution is -2.37. The second-order valence-electron chi connectivity index (χ2n) is 4.84. The number of hydrogen-bond acceptors (Lipinski definition) is 4. The fourth-order valence-electron chi connectivity index (χ4n) is 2.00. The fourth-order valence-corrected chi connectivity index (χ4v) is 2.00. The molecule has 0 aliphatic carbocycles. The summed E-state index contributed by atoms with van der Waals surface area (Å²) < 4.78 is 5.31. The van der Waals surface area contributed by atoms with Crippen LogP contribution in [0.5, 0.6) is 0 Å². The van der Waals surface area contributed by atoms with Gasteiger partial charge in [0.1, 0.15) is 6.26 Å². The summed E-state index contributed by atoms with van der Waals surface area (Å²) in [5.74, 6) is -0.593. The molecule has 0 unspecified atom stereocenters. The summed E-state index contributed by atoms with van der Waals surface area (Å²) >= 11 is 0. The van der Waals surface area contributed by atoms with E-state index in [2.05, 4.69) is 37.6 Å². The van der Waals surface area contributed by atoms with Crippen LogP contribution in [-0.2, 0) is 0 Å². The van der Waals surface area contributed by atoms with Gasteiger partial charge in [0.25, 0.3) is 6.01 Å². The molecule has 0 radical (unpaired) electrons. The SMILES string of the molecule is CCC(CC)N(CC(C)C)c1nc(C(=O)O)co1. The third-order valence-corrected chi connectivity index (χ3v) is 2.90. The van der Waals surface area contributed by atoms with Crippen LogP contribution >= 0.6 is 0 Å². The topological polar surface area (TPSA) is 66.6 Å². The Labute approximate surface area is 108 Å². The van der Waals surface area contributed by atoms with Crippen LogP contribution in [0, 0.1) is 5.92 Å². The van der Waals surface area contributed by atoms with E-state index in [-0.39, 0.29) is 5.69 Å². The van der Waals surface area contributed by atoms with E-state index in [1.54, 1.807) is 0 Å². The van der Waals surface area contributed by atoms with Crippen LogP contribution in [0.1, 0.15) is 51.0 Å². The maximum atomic E-state index is 10.8. The minimum atomic E-state index is -1.06. The van der Waals surface area contributed by atoms with Gasteiger partial charge in [0.15, 0.2) is 5.69 Å². The molecule has 0 aliphatic heterocycles. The smallest absolute Gasteiger partial charge is 0.357 e. The van der Waals surface area contributed by atoms with Crippen molar-refractivity contribution >= 4 is 12.0 Å². The highest BCUT2D eigenvalue weighted by atomic mass is 16.4. The third kappa shape index (κ3) is 3.48. The molecule has 1 heterocycles. The highest BCUT2D eigenvalue weighted by Crippen LogP contribution is 2.21. The zero-order chi connectivity index (χ0) is 13.7. The zero-order valence-corrected chi connectivity index (χ0v) is 11.5. The number of rotatable bonds is 7. The first kappa shape index (κ1) is 14.5. The molecule has 102 valence electrons. The molecule has 0 fully saturated rings. The second kappa shape index (κ2) is 6.42. The summed E-state index contributed by atoms with van der Waals surface area (Å²) in [5.41, 5.74) is -0.0373. The molecule has 1 rings (SSSR count). The number of carbonyl (C=O) groups is 1. The molecule has 0 aromatic carbocycles. The van der Waals surface area contributed by atoms with Crippen molar-refractivity contribution in [2.45, 2.75) is 46.6 Å². The number of oxazole rings is 1. The van der Waals surface area contributed by atoms with Gasteiger partial charge in [0.2, 0.25) is 0 Å². The lowest BCUT2D eigenvalue weighted by molar-refractivity contribution is 0.0690. The van der Waals surface area contributed by atoms with Crippen molar-refractivity contribution in [2.75, 3.05) is 11.4 Å². The summed E-state index contributed by atoms with van der Waals surface area (Å²) in [4.78, 5) is 16.9. The maximum absolute atomic E-state index is 10.8. The van der Waals surface area contributed by atoms with Crippen molar-refractivity contribution in [3.63, 3.8) is 0 Å². The normalized spacial score (nSPS) is 11.2. The maximum Gasteiger partial charge on any atom is 0.357 e. The Balaban J connectivity index is 2.96. The van der Waals surface area contributed by atoms with Gasteiger partial charge in [-0.2, -0.15) is 4.98 Å². The van der Waals surface area contributed by atoms with Crippen molar-refractivity contribution in [1.29, 1.82) is 0 Å². The molecule has 0 atom stereocenters. The Bertz CT molecular complexity index is 383. The van der Waals surface area contributed by atoms with Crippen molar-refractivity contribution < 1.29 is 14.3 Å². The first-order valence-electron chi connectivity index (χ1n) is 6.45. The quantitative estimate of drug-likeness (QED) is 0.810. The molecular weight excluding hydrogens is 232 g/mol. The minimum absolute atomic E-state index is 0.0373. The minimum Gasteiger partial charge on any atom is -0.476 e. The first-order chi connectivity index (χ1) is 8.49. The van der Waals surface area contributed by atoms with E-state index in [0.29, 0.717) is 18.0 Å². The lowest BCUT2D eigenvalue weighted by Gasteiger charge is -2.30. The molecule has 18 heavy (non-hydrogen) atoms. The second-order valence-corrected chi connectivity index (χ2v) is 4.84. The summed E-state index contributed by atoms with van der Waals surface area (Å²) in [5, 5.41) is 8.87. The summed E-state index contributed by atoms with van der Waals surface area (Å²) in [6.07, 6.45) is 3.16. The van der Waals surface area contributed by atoms with Crippen LogP contribution in [0.25, 0.3) is 0 Å². The van der Waals surface area contributed by atoms with Gasteiger partial charge in [-0.3, -0.25) is 0 Å². The number of carboxylic acids is 1. The Hall–Kier alpha value is -1.52. The average molecular weight is 254 g/mol. The van der Waals surface area contributed by atoms with E-state index in [1.165, 1.54) is 6.26 Å². The highest BCUT2D eigenvalue weighted by molar-refractivity contribution is 5.85. The fraction of sp³-hybridized carbons (Fsp3) is 0.692. The van der Waals surface area contributed by atoms with Crippen molar-refractivity contribution in [3.8, 4) is 0 Å². The molecule has 0 saturated heterocycles. The van der Waals surface area contributed by atoms with Crippen LogP contribution in [0.4, 0.5) is 6.01 Å². The molecule has 1 aromatic rings. The molecule has 1 N–H and O–H groups in total. The molecule has 0 saturated carbocycles. The van der Waals surface area contributed by atoms with Gasteiger partial charge in [-0.15, -0.1) is 0 Å². The van der Waals surface area contributed by atoms with Crippen LogP contribution in [0.2, 0.25) is 0 Å². The van der Waals surface area contributed by atoms with Gasteiger partial charge in [-0.05, 0) is 18.8 Å². The van der Waals surface area contributed by atoms with E-state index >= 15 is 0 Å². The van der Waals surface area contributed by atoms with E-state index in [9.17, 15) is 4.79 Å². The standard InChI is InChI=1S/C13H22N2O3/c1-5-10(6-2)15(7-9(3)4)13-14-11(8-18-13)12(16)17/h8-10H,5-7H2,1-4H3,(H,16,17). The monoisotopic (exact) mass is 254 g/mol. The lowest BCUT2D eigenvalue weighted by atomic mass is 10.1. The van der Waals surface area contributed by atoms with E-state index in [4.69, 9.17) is 9.52 Å². The van der Waals surface area contributed by atoms with Gasteiger partial charge in [-0.1, -0.05) is 27.7 Å². The Morgan fingerprint density at radius 3 is 2.44 bits per heavy atom. The molecule has 0 aliphatic rings. The number of aromatic nitrogens is 1. The zero-order valence-electron chi connectivity index (χ0n) is 11.5. The van der Waals surface area contributed by atoms with E-state index in [0.717, 1.165) is 19.4 Å². The highest BCUT2D eigenvalue weighted by Gasteiger charge is 2.22. The number of anilines is 1. The van der Waals surface area contributed by atoms with Gasteiger partial charge in [0, 0.05) is 12.6 Å². The predicted molar refractivity (Wildman–Crippen MR) is 70.0 cm³/mol. The van der Waals surface area contributed by atoms with Crippen molar-refractivity contribution in [2.24, 2.45) is 5.92 Å². The van der Waals surface area contributed by atoms with Crippen LogP contribution in [0.15, 0.2) is 10.7 Å². The Kier molecular flexibility index (Phi) is 5.19. The Morgan fingerprint density at radius 2 is 2.06 bits per heavy atom. The van der Waals surface area contributed by atoms with Crippen LogP contribution in [0.3, 0.4) is 0 Å². The van der Waals surface area contributed by atoms with Gasteiger partial charge in [0.05, 0.1) is 0 Å². The summed E-state index contributed by atoms with van der Waals surface area (Å²) in [6.45, 7) is 9.28. The molecule has 5 nitrogen and oxygen atoms in total. The van der Waals surface area contributed by atoms with Crippen molar-refractivity contribution in [1.82, 2.24) is 4.98 Å². The first-order valence-corrected chi connectivity index (χ1v) is 6.45. The molecule has 5 heteroatoms. The predicted octanol–water partition coefficient (Wildman–Crippen LogP) is 3.02. The molecule has 0 bridgehead atoms. The van der Waals surface area contributed by atoms with E-state index in [1.807, 2.05) is 0 Å². The summed E-state index contributed by atoms with van der Waals surface area (Å²) in [7, 11) is 0.